The van der Waals surface area contributed by atoms with Crippen LogP contribution in [-0.2, 0) is 10.0 Å². The zero-order valence-corrected chi connectivity index (χ0v) is 7.92. The topological polar surface area (TPSA) is 39.1 Å². The zero-order valence-electron chi connectivity index (χ0n) is 7.10. The van der Waals surface area contributed by atoms with E-state index in [4.69, 9.17) is 0 Å². The van der Waals surface area contributed by atoms with Gasteiger partial charge in [0.25, 0.3) is 0 Å². The van der Waals surface area contributed by atoms with Crippen LogP contribution in [-0.4, -0.2) is 18.1 Å². The molecule has 0 saturated carbocycles. The average molecular weight is 187 g/mol. The maximum absolute atomic E-state index is 11.4. The van der Waals surface area contributed by atoms with Crippen molar-refractivity contribution >= 4 is 10.0 Å². The molecule has 0 radical (unpaired) electrons. The lowest BCUT2D eigenvalue weighted by atomic mass is 10.4. The molecule has 68 valence electrons. The molecule has 4 heteroatoms. The van der Waals surface area contributed by atoms with Crippen molar-refractivity contribution in [2.45, 2.75) is 19.8 Å². The normalized spacial score (nSPS) is 11.8. The van der Waals surface area contributed by atoms with E-state index >= 15 is 0 Å². The Morgan fingerprint density at radius 3 is 2.33 bits per heavy atom. The molecule has 0 fully saturated rings. The molecule has 0 aliphatic rings. The minimum absolute atomic E-state index is 0.234. The molecule has 0 aliphatic heterocycles. The molecule has 0 unspecified atom stereocenters. The summed E-state index contributed by atoms with van der Waals surface area (Å²) >= 11 is 0. The molecule has 12 heavy (non-hydrogen) atoms. The van der Waals surface area contributed by atoms with Gasteiger partial charge in [-0.2, -0.15) is 0 Å². The van der Waals surface area contributed by atoms with Crippen LogP contribution >= 0.6 is 0 Å². The monoisotopic (exact) mass is 187 g/mol. The van der Waals surface area contributed by atoms with Crippen molar-refractivity contribution < 1.29 is 8.42 Å². The van der Waals surface area contributed by atoms with Crippen LogP contribution in [0.25, 0.3) is 0 Å². The lowest BCUT2D eigenvalue weighted by Gasteiger charge is -2.03. The van der Waals surface area contributed by atoms with Crippen LogP contribution in [0.2, 0.25) is 0 Å². The van der Waals surface area contributed by atoms with Crippen LogP contribution in [0.3, 0.4) is 0 Å². The fraction of sp³-hybridized carbons (Fsp3) is 0.500. The van der Waals surface area contributed by atoms with Crippen molar-refractivity contribution in [3.05, 3.63) is 24.5 Å². The van der Waals surface area contributed by atoms with Crippen LogP contribution in [0, 0.1) is 0 Å². The summed E-state index contributed by atoms with van der Waals surface area (Å²) in [4.78, 5) is 0. The molecule has 1 rings (SSSR count). The first kappa shape index (κ1) is 9.32. The van der Waals surface area contributed by atoms with E-state index in [2.05, 4.69) is 0 Å². The lowest BCUT2D eigenvalue weighted by Crippen LogP contribution is -2.14. The predicted octanol–water partition coefficient (Wildman–Crippen LogP) is 1.47. The SMILES string of the molecule is CCCCS(=O)(=O)n1cccc1. The number of unbranched alkanes of at least 4 members (excludes halogenated alkanes) is 1. The van der Waals surface area contributed by atoms with E-state index in [9.17, 15) is 8.42 Å². The summed E-state index contributed by atoms with van der Waals surface area (Å²) in [5.74, 6) is 0.234. The number of rotatable bonds is 4. The Morgan fingerprint density at radius 1 is 1.25 bits per heavy atom. The number of aromatic nitrogens is 1. The van der Waals surface area contributed by atoms with Gasteiger partial charge in [0.1, 0.15) is 0 Å². The van der Waals surface area contributed by atoms with Crippen LogP contribution in [0.5, 0.6) is 0 Å². The van der Waals surface area contributed by atoms with E-state index < -0.39 is 10.0 Å². The Hall–Kier alpha value is -0.770. The van der Waals surface area contributed by atoms with Gasteiger partial charge in [0.2, 0.25) is 10.0 Å². The third-order valence-electron chi connectivity index (χ3n) is 1.65. The summed E-state index contributed by atoms with van der Waals surface area (Å²) in [7, 11) is -3.06. The summed E-state index contributed by atoms with van der Waals surface area (Å²) in [6, 6.07) is 3.42. The standard InChI is InChI=1S/C8H13NO2S/c1-2-3-8-12(10,11)9-6-4-5-7-9/h4-7H,2-3,8H2,1H3. The molecule has 0 N–H and O–H groups in total. The molecule has 0 saturated heterocycles. The zero-order chi connectivity index (χ0) is 9.03. The molecule has 0 amide bonds. The molecule has 0 aromatic carbocycles. The summed E-state index contributed by atoms with van der Waals surface area (Å²) in [6.07, 6.45) is 4.75. The van der Waals surface area contributed by atoms with Crippen LogP contribution in [0.4, 0.5) is 0 Å². The first-order valence-corrected chi connectivity index (χ1v) is 5.64. The summed E-state index contributed by atoms with van der Waals surface area (Å²) in [5, 5.41) is 0. The van der Waals surface area contributed by atoms with E-state index in [1.807, 2.05) is 6.92 Å². The number of hydrogen-bond acceptors (Lipinski definition) is 2. The fourth-order valence-electron chi connectivity index (χ4n) is 0.936. The van der Waals surface area contributed by atoms with Crippen LogP contribution in [0.15, 0.2) is 24.5 Å². The van der Waals surface area contributed by atoms with E-state index in [0.29, 0.717) is 0 Å². The van der Waals surface area contributed by atoms with Crippen molar-refractivity contribution in [1.29, 1.82) is 0 Å². The van der Waals surface area contributed by atoms with Crippen molar-refractivity contribution in [2.24, 2.45) is 0 Å². The second kappa shape index (κ2) is 3.76. The predicted molar refractivity (Wildman–Crippen MR) is 48.5 cm³/mol. The molecule has 0 atom stereocenters. The van der Waals surface area contributed by atoms with E-state index in [1.54, 1.807) is 24.5 Å². The minimum atomic E-state index is -3.06. The van der Waals surface area contributed by atoms with Gasteiger partial charge in [0.05, 0.1) is 5.75 Å². The van der Waals surface area contributed by atoms with Gasteiger partial charge in [-0.1, -0.05) is 13.3 Å². The van der Waals surface area contributed by atoms with Crippen LogP contribution < -0.4 is 0 Å². The summed E-state index contributed by atoms with van der Waals surface area (Å²) in [5.41, 5.74) is 0. The van der Waals surface area contributed by atoms with Gasteiger partial charge in [-0.3, -0.25) is 3.97 Å². The molecule has 1 heterocycles. The highest BCUT2D eigenvalue weighted by atomic mass is 32.2. The van der Waals surface area contributed by atoms with Gasteiger partial charge >= 0.3 is 0 Å². The van der Waals surface area contributed by atoms with E-state index in [-0.39, 0.29) is 5.75 Å². The highest BCUT2D eigenvalue weighted by molar-refractivity contribution is 7.89. The second-order valence-electron chi connectivity index (χ2n) is 2.68. The first-order chi connectivity index (χ1) is 5.67. The van der Waals surface area contributed by atoms with Gasteiger partial charge in [-0.05, 0) is 18.6 Å². The maximum atomic E-state index is 11.4. The molecule has 3 nitrogen and oxygen atoms in total. The quantitative estimate of drug-likeness (QED) is 0.716. The van der Waals surface area contributed by atoms with Crippen molar-refractivity contribution in [3.8, 4) is 0 Å². The number of nitrogens with zero attached hydrogens (tertiary/aromatic N) is 1. The summed E-state index contributed by atoms with van der Waals surface area (Å²) < 4.78 is 24.1. The first-order valence-electron chi connectivity index (χ1n) is 4.03. The molecular formula is C8H13NO2S. The Balaban J connectivity index is 2.74. The average Bonchev–Trinajstić information content (AvgIpc) is 2.53. The largest absolute Gasteiger partial charge is 0.253 e. The minimum Gasteiger partial charge on any atom is -0.253 e. The lowest BCUT2D eigenvalue weighted by molar-refractivity contribution is 0.584. The second-order valence-corrected chi connectivity index (χ2v) is 4.68. The Kier molecular flexibility index (Phi) is 2.92. The molecule has 1 aromatic heterocycles. The van der Waals surface area contributed by atoms with Crippen LogP contribution in [0.1, 0.15) is 19.8 Å². The molecule has 0 spiro atoms. The highest BCUT2D eigenvalue weighted by Crippen LogP contribution is 2.01. The van der Waals surface area contributed by atoms with Crippen molar-refractivity contribution in [1.82, 2.24) is 3.97 Å². The summed E-state index contributed by atoms with van der Waals surface area (Å²) in [6.45, 7) is 1.98. The fourth-order valence-corrected chi connectivity index (χ4v) is 2.31. The third-order valence-corrected chi connectivity index (χ3v) is 3.34. The molecular weight excluding hydrogens is 174 g/mol. The highest BCUT2D eigenvalue weighted by Gasteiger charge is 2.09. The molecule has 0 bridgehead atoms. The van der Waals surface area contributed by atoms with Crippen molar-refractivity contribution in [3.63, 3.8) is 0 Å². The van der Waals surface area contributed by atoms with Gasteiger partial charge < -0.3 is 0 Å². The Morgan fingerprint density at radius 2 is 1.83 bits per heavy atom. The van der Waals surface area contributed by atoms with Gasteiger partial charge in [0.15, 0.2) is 0 Å². The maximum Gasteiger partial charge on any atom is 0.238 e. The van der Waals surface area contributed by atoms with E-state index in [1.165, 1.54) is 3.97 Å². The van der Waals surface area contributed by atoms with E-state index in [0.717, 1.165) is 12.8 Å². The Bertz CT molecular complexity index is 313. The third kappa shape index (κ3) is 2.11. The number of hydrogen-bond donors (Lipinski definition) is 0. The van der Waals surface area contributed by atoms with Gasteiger partial charge in [-0.15, -0.1) is 0 Å². The van der Waals surface area contributed by atoms with Gasteiger partial charge in [-0.25, -0.2) is 8.42 Å². The van der Waals surface area contributed by atoms with Crippen molar-refractivity contribution in [2.75, 3.05) is 5.75 Å². The molecule has 1 aromatic rings. The van der Waals surface area contributed by atoms with Gasteiger partial charge in [0, 0.05) is 12.4 Å². The molecule has 0 aliphatic carbocycles. The smallest absolute Gasteiger partial charge is 0.238 e. The Labute approximate surface area is 73.1 Å².